The van der Waals surface area contributed by atoms with Crippen molar-refractivity contribution < 1.29 is 8.42 Å². The molecular formula is C12H26N2O2S. The minimum atomic E-state index is -3.10. The number of hydrogen-bond acceptors (Lipinski definition) is 3. The van der Waals surface area contributed by atoms with Crippen LogP contribution in [-0.4, -0.2) is 44.7 Å². The molecule has 102 valence electrons. The van der Waals surface area contributed by atoms with Crippen molar-refractivity contribution in [2.45, 2.75) is 38.9 Å². The van der Waals surface area contributed by atoms with E-state index in [1.807, 2.05) is 0 Å². The van der Waals surface area contributed by atoms with Gasteiger partial charge in [-0.3, -0.25) is 0 Å². The lowest BCUT2D eigenvalue weighted by molar-refractivity contribution is 0.225. The van der Waals surface area contributed by atoms with Crippen molar-refractivity contribution in [1.82, 2.24) is 9.62 Å². The first-order valence-corrected chi connectivity index (χ1v) is 8.03. The van der Waals surface area contributed by atoms with Crippen molar-refractivity contribution in [1.29, 1.82) is 0 Å². The Bertz CT molecular complexity index is 319. The van der Waals surface area contributed by atoms with Crippen LogP contribution in [0.25, 0.3) is 0 Å². The number of nitrogens with zero attached hydrogens (tertiary/aromatic N) is 1. The summed E-state index contributed by atoms with van der Waals surface area (Å²) in [7, 11) is -1.31. The van der Waals surface area contributed by atoms with Gasteiger partial charge in [-0.05, 0) is 38.6 Å². The van der Waals surface area contributed by atoms with Gasteiger partial charge in [-0.15, -0.1) is 0 Å². The Hall–Kier alpha value is -0.130. The van der Waals surface area contributed by atoms with Crippen LogP contribution in [0.2, 0.25) is 0 Å². The van der Waals surface area contributed by atoms with Gasteiger partial charge >= 0.3 is 0 Å². The van der Waals surface area contributed by atoms with Gasteiger partial charge < -0.3 is 5.32 Å². The lowest BCUT2D eigenvalue weighted by Crippen LogP contribution is -2.45. The summed E-state index contributed by atoms with van der Waals surface area (Å²) in [5, 5.41) is 2.60. The van der Waals surface area contributed by atoms with Crippen LogP contribution in [0, 0.1) is 11.8 Å². The number of rotatable bonds is 5. The summed E-state index contributed by atoms with van der Waals surface area (Å²) in [5.74, 6) is 1.34. The van der Waals surface area contributed by atoms with Crippen LogP contribution >= 0.6 is 0 Å². The van der Waals surface area contributed by atoms with Crippen molar-refractivity contribution in [3.63, 3.8) is 0 Å². The molecule has 1 fully saturated rings. The predicted molar refractivity (Wildman–Crippen MR) is 71.4 cm³/mol. The fraction of sp³-hybridized carbons (Fsp3) is 1.00. The maximum absolute atomic E-state index is 12.2. The summed E-state index contributed by atoms with van der Waals surface area (Å²) in [5.41, 5.74) is 0. The fourth-order valence-corrected chi connectivity index (χ4v) is 4.05. The smallest absolute Gasteiger partial charge is 0.217 e. The Morgan fingerprint density at radius 2 is 1.76 bits per heavy atom. The van der Waals surface area contributed by atoms with E-state index in [4.69, 9.17) is 0 Å². The molecule has 1 aliphatic rings. The number of nitrogens with one attached hydrogen (secondary N) is 1. The number of sulfonamides is 1. The van der Waals surface area contributed by atoms with Crippen LogP contribution in [0.4, 0.5) is 0 Å². The number of hydrogen-bond donors (Lipinski definition) is 1. The topological polar surface area (TPSA) is 49.4 Å². The molecule has 0 spiro atoms. The fourth-order valence-electron chi connectivity index (χ4n) is 2.44. The van der Waals surface area contributed by atoms with Gasteiger partial charge in [0.2, 0.25) is 10.0 Å². The normalized spacial score (nSPS) is 21.9. The zero-order valence-corrected chi connectivity index (χ0v) is 12.3. The molecule has 1 unspecified atom stereocenters. The summed E-state index contributed by atoms with van der Waals surface area (Å²) in [6.07, 6.45) is 2.01. The van der Waals surface area contributed by atoms with E-state index in [0.717, 1.165) is 12.8 Å². The third-order valence-electron chi connectivity index (χ3n) is 3.80. The standard InChI is InChI=1S/C12H26N2O2S/c1-10(2)12-5-7-14(8-6-12)17(15,16)11(3)9-13-4/h10-13H,5-9H2,1-4H3. The zero-order chi connectivity index (χ0) is 13.1. The minimum absolute atomic E-state index is 0.330. The Labute approximate surface area is 106 Å². The lowest BCUT2D eigenvalue weighted by atomic mass is 9.87. The van der Waals surface area contributed by atoms with E-state index in [-0.39, 0.29) is 5.25 Å². The maximum atomic E-state index is 12.2. The molecule has 0 aromatic rings. The van der Waals surface area contributed by atoms with Crippen molar-refractivity contribution in [3.8, 4) is 0 Å². The highest BCUT2D eigenvalue weighted by atomic mass is 32.2. The summed E-state index contributed by atoms with van der Waals surface area (Å²) >= 11 is 0. The molecule has 0 saturated carbocycles. The minimum Gasteiger partial charge on any atom is -0.318 e. The Kier molecular flexibility index (Phi) is 5.41. The van der Waals surface area contributed by atoms with E-state index in [0.29, 0.717) is 31.5 Å². The highest BCUT2D eigenvalue weighted by molar-refractivity contribution is 7.89. The Morgan fingerprint density at radius 1 is 1.24 bits per heavy atom. The van der Waals surface area contributed by atoms with Crippen LogP contribution in [0.15, 0.2) is 0 Å². The van der Waals surface area contributed by atoms with Crippen molar-refractivity contribution in [2.24, 2.45) is 11.8 Å². The summed E-state index contributed by atoms with van der Waals surface area (Å²) < 4.78 is 26.2. The molecule has 1 atom stereocenters. The average Bonchev–Trinajstić information content (AvgIpc) is 2.29. The predicted octanol–water partition coefficient (Wildman–Crippen LogP) is 1.29. The maximum Gasteiger partial charge on any atom is 0.217 e. The summed E-state index contributed by atoms with van der Waals surface area (Å²) in [6, 6.07) is 0. The Morgan fingerprint density at radius 3 is 2.18 bits per heavy atom. The second kappa shape index (κ2) is 6.16. The van der Waals surface area contributed by atoms with E-state index >= 15 is 0 Å². The molecule has 1 saturated heterocycles. The Balaban J connectivity index is 2.58. The summed E-state index contributed by atoms with van der Waals surface area (Å²) in [6.45, 7) is 8.13. The van der Waals surface area contributed by atoms with Crippen molar-refractivity contribution in [2.75, 3.05) is 26.7 Å². The molecule has 1 rings (SSSR count). The second-order valence-electron chi connectivity index (χ2n) is 5.39. The second-order valence-corrected chi connectivity index (χ2v) is 7.74. The van der Waals surface area contributed by atoms with Gasteiger partial charge in [0.05, 0.1) is 5.25 Å². The molecule has 17 heavy (non-hydrogen) atoms. The molecule has 0 radical (unpaired) electrons. The van der Waals surface area contributed by atoms with Crippen LogP contribution in [0.1, 0.15) is 33.6 Å². The molecule has 1 aliphatic heterocycles. The van der Waals surface area contributed by atoms with Crippen LogP contribution in [0.5, 0.6) is 0 Å². The molecule has 1 heterocycles. The SMILES string of the molecule is CNCC(C)S(=O)(=O)N1CCC(C(C)C)CC1. The monoisotopic (exact) mass is 262 g/mol. The van der Waals surface area contributed by atoms with Crippen molar-refractivity contribution in [3.05, 3.63) is 0 Å². The third kappa shape index (κ3) is 3.66. The molecule has 4 nitrogen and oxygen atoms in total. The van der Waals surface area contributed by atoms with E-state index in [1.165, 1.54) is 0 Å². The molecule has 0 aromatic heterocycles. The van der Waals surface area contributed by atoms with E-state index in [2.05, 4.69) is 19.2 Å². The first-order chi connectivity index (χ1) is 7.89. The van der Waals surface area contributed by atoms with Gasteiger partial charge in [-0.2, -0.15) is 0 Å². The van der Waals surface area contributed by atoms with E-state index in [9.17, 15) is 8.42 Å². The van der Waals surface area contributed by atoms with Gasteiger partial charge in [-0.25, -0.2) is 12.7 Å². The molecule has 0 amide bonds. The average molecular weight is 262 g/mol. The van der Waals surface area contributed by atoms with Crippen LogP contribution in [-0.2, 0) is 10.0 Å². The summed E-state index contributed by atoms with van der Waals surface area (Å²) in [4.78, 5) is 0. The molecular weight excluding hydrogens is 236 g/mol. The first-order valence-electron chi connectivity index (χ1n) is 6.53. The number of piperidine rings is 1. The van der Waals surface area contributed by atoms with E-state index in [1.54, 1.807) is 18.3 Å². The largest absolute Gasteiger partial charge is 0.318 e. The molecule has 1 N–H and O–H groups in total. The molecule has 0 bridgehead atoms. The lowest BCUT2D eigenvalue weighted by Gasteiger charge is -2.34. The van der Waals surface area contributed by atoms with Gasteiger partial charge in [0, 0.05) is 19.6 Å². The highest BCUT2D eigenvalue weighted by Crippen LogP contribution is 2.26. The zero-order valence-electron chi connectivity index (χ0n) is 11.4. The van der Waals surface area contributed by atoms with Gasteiger partial charge in [-0.1, -0.05) is 13.8 Å². The molecule has 5 heteroatoms. The van der Waals surface area contributed by atoms with Crippen molar-refractivity contribution >= 4 is 10.0 Å². The van der Waals surface area contributed by atoms with E-state index < -0.39 is 10.0 Å². The van der Waals surface area contributed by atoms with Gasteiger partial charge in [0.1, 0.15) is 0 Å². The molecule has 0 aromatic carbocycles. The van der Waals surface area contributed by atoms with Gasteiger partial charge in [0.15, 0.2) is 0 Å². The molecule has 0 aliphatic carbocycles. The first kappa shape index (κ1) is 14.9. The van der Waals surface area contributed by atoms with Gasteiger partial charge in [0.25, 0.3) is 0 Å². The highest BCUT2D eigenvalue weighted by Gasteiger charge is 2.32. The quantitative estimate of drug-likeness (QED) is 0.812. The third-order valence-corrected chi connectivity index (χ3v) is 6.07. The van der Waals surface area contributed by atoms with Crippen LogP contribution < -0.4 is 5.32 Å². The van der Waals surface area contributed by atoms with Crippen LogP contribution in [0.3, 0.4) is 0 Å².